The average molecular weight is 369 g/mol. The summed E-state index contributed by atoms with van der Waals surface area (Å²) in [7, 11) is 0. The zero-order valence-electron chi connectivity index (χ0n) is 16.7. The molecule has 5 heteroatoms. The first kappa shape index (κ1) is 18.7. The van der Waals surface area contributed by atoms with Crippen molar-refractivity contribution in [2.75, 3.05) is 32.7 Å². The van der Waals surface area contributed by atoms with Gasteiger partial charge in [0.2, 0.25) is 0 Å². The Morgan fingerprint density at radius 3 is 2.48 bits per heavy atom. The fraction of sp³-hybridized carbons (Fsp3) is 0.591. The predicted molar refractivity (Wildman–Crippen MR) is 107 cm³/mol. The number of likely N-dealkylation sites (tertiary alicyclic amines) is 1. The minimum absolute atomic E-state index is 0.652. The molecule has 3 heterocycles. The van der Waals surface area contributed by atoms with Crippen molar-refractivity contribution in [3.63, 3.8) is 0 Å². The van der Waals surface area contributed by atoms with Crippen molar-refractivity contribution in [3.05, 3.63) is 53.4 Å². The number of piperidine rings is 1. The smallest absolute Gasteiger partial charge is 0.150 e. The van der Waals surface area contributed by atoms with Crippen LogP contribution in [0.1, 0.15) is 36.8 Å². The van der Waals surface area contributed by atoms with Gasteiger partial charge in [0.25, 0.3) is 0 Å². The van der Waals surface area contributed by atoms with Crippen molar-refractivity contribution in [2.24, 2.45) is 0 Å². The molecule has 2 aliphatic rings. The lowest BCUT2D eigenvalue weighted by molar-refractivity contribution is 0.0325. The van der Waals surface area contributed by atoms with Gasteiger partial charge < -0.3 is 4.52 Å². The summed E-state index contributed by atoms with van der Waals surface area (Å²) in [5.74, 6) is 0.990. The molecule has 0 aliphatic carbocycles. The first-order chi connectivity index (χ1) is 13.2. The molecule has 5 nitrogen and oxygen atoms in total. The van der Waals surface area contributed by atoms with Crippen molar-refractivity contribution in [1.29, 1.82) is 0 Å². The summed E-state index contributed by atoms with van der Waals surface area (Å²) in [6.45, 7) is 12.1. The van der Waals surface area contributed by atoms with E-state index < -0.39 is 0 Å². The van der Waals surface area contributed by atoms with Crippen LogP contribution in [0.25, 0.3) is 0 Å². The van der Waals surface area contributed by atoms with E-state index in [1.807, 2.05) is 6.92 Å². The third-order valence-corrected chi connectivity index (χ3v) is 6.19. The van der Waals surface area contributed by atoms with Gasteiger partial charge in [0.15, 0.2) is 5.76 Å². The van der Waals surface area contributed by atoms with E-state index in [1.165, 1.54) is 38.0 Å². The topological polar surface area (TPSA) is 35.8 Å². The van der Waals surface area contributed by atoms with Crippen LogP contribution in [0.4, 0.5) is 0 Å². The summed E-state index contributed by atoms with van der Waals surface area (Å²) in [5.41, 5.74) is 2.40. The van der Waals surface area contributed by atoms with Crippen molar-refractivity contribution >= 4 is 0 Å². The van der Waals surface area contributed by atoms with Gasteiger partial charge in [-0.3, -0.25) is 14.7 Å². The van der Waals surface area contributed by atoms with Gasteiger partial charge in [-0.2, -0.15) is 0 Å². The second kappa shape index (κ2) is 8.55. The number of hydrogen-bond donors (Lipinski definition) is 0. The largest absolute Gasteiger partial charge is 0.360 e. The van der Waals surface area contributed by atoms with Crippen LogP contribution in [0, 0.1) is 6.92 Å². The van der Waals surface area contributed by atoms with Gasteiger partial charge in [0, 0.05) is 57.4 Å². The maximum atomic E-state index is 5.37. The van der Waals surface area contributed by atoms with E-state index in [2.05, 4.69) is 63.2 Å². The van der Waals surface area contributed by atoms with E-state index in [0.717, 1.165) is 43.7 Å². The van der Waals surface area contributed by atoms with Crippen molar-refractivity contribution < 1.29 is 4.52 Å². The Bertz CT molecular complexity index is 708. The number of aromatic nitrogens is 1. The van der Waals surface area contributed by atoms with Crippen molar-refractivity contribution in [2.45, 2.75) is 51.9 Å². The molecule has 1 aromatic heterocycles. The lowest BCUT2D eigenvalue weighted by atomic mass is 9.95. The molecule has 0 radical (unpaired) electrons. The summed E-state index contributed by atoms with van der Waals surface area (Å²) in [4.78, 5) is 7.86. The van der Waals surface area contributed by atoms with Gasteiger partial charge in [0.1, 0.15) is 0 Å². The number of piperazine rings is 1. The van der Waals surface area contributed by atoms with E-state index in [-0.39, 0.29) is 0 Å². The molecule has 0 bridgehead atoms. The van der Waals surface area contributed by atoms with E-state index in [0.29, 0.717) is 6.04 Å². The summed E-state index contributed by atoms with van der Waals surface area (Å²) < 4.78 is 5.37. The van der Waals surface area contributed by atoms with Gasteiger partial charge in [-0.1, -0.05) is 35.5 Å². The highest BCUT2D eigenvalue weighted by atomic mass is 16.5. The molecule has 2 atom stereocenters. The normalized spacial score (nSPS) is 25.7. The Kier molecular flexibility index (Phi) is 5.91. The Hall–Kier alpha value is -1.69. The molecular weight excluding hydrogens is 336 g/mol. The van der Waals surface area contributed by atoms with Crippen LogP contribution >= 0.6 is 0 Å². The first-order valence-corrected chi connectivity index (χ1v) is 10.3. The molecule has 0 spiro atoms. The predicted octanol–water partition coefficient (Wildman–Crippen LogP) is 3.15. The van der Waals surface area contributed by atoms with Crippen LogP contribution in [-0.2, 0) is 13.1 Å². The van der Waals surface area contributed by atoms with E-state index in [4.69, 9.17) is 4.52 Å². The molecule has 1 aromatic carbocycles. The van der Waals surface area contributed by atoms with E-state index in [9.17, 15) is 0 Å². The number of nitrogens with zero attached hydrogens (tertiary/aromatic N) is 4. The number of hydrogen-bond acceptors (Lipinski definition) is 5. The van der Waals surface area contributed by atoms with Gasteiger partial charge in [0.05, 0.1) is 12.2 Å². The lowest BCUT2D eigenvalue weighted by Gasteiger charge is -2.45. The highest BCUT2D eigenvalue weighted by molar-refractivity contribution is 5.14. The molecule has 2 fully saturated rings. The van der Waals surface area contributed by atoms with Gasteiger partial charge in [-0.15, -0.1) is 0 Å². The van der Waals surface area contributed by atoms with Crippen LogP contribution < -0.4 is 0 Å². The first-order valence-electron chi connectivity index (χ1n) is 10.3. The third kappa shape index (κ3) is 4.78. The standard InChI is InChI=1S/C22H32N4O/c1-18-14-22(27-23-18)17-24-10-12-25(13-11-24)21-8-9-26(19(2)15-21)16-20-6-4-3-5-7-20/h3-7,14,19,21H,8-13,15-17H2,1-2H3/t19-,21+/m0/s1. The Balaban J connectivity index is 1.24. The molecule has 2 saturated heterocycles. The molecule has 0 N–H and O–H groups in total. The lowest BCUT2D eigenvalue weighted by Crippen LogP contribution is -2.54. The van der Waals surface area contributed by atoms with Crippen LogP contribution in [0.2, 0.25) is 0 Å². The molecule has 0 saturated carbocycles. The Labute approximate surface area is 162 Å². The Morgan fingerprint density at radius 2 is 1.81 bits per heavy atom. The molecular formula is C22H32N4O. The van der Waals surface area contributed by atoms with Crippen LogP contribution in [0.15, 0.2) is 40.9 Å². The van der Waals surface area contributed by atoms with E-state index in [1.54, 1.807) is 0 Å². The van der Waals surface area contributed by atoms with Crippen LogP contribution in [0.5, 0.6) is 0 Å². The van der Waals surface area contributed by atoms with Gasteiger partial charge in [-0.05, 0) is 32.3 Å². The van der Waals surface area contributed by atoms with E-state index >= 15 is 0 Å². The highest BCUT2D eigenvalue weighted by Gasteiger charge is 2.31. The fourth-order valence-corrected chi connectivity index (χ4v) is 4.58. The zero-order chi connectivity index (χ0) is 18.6. The third-order valence-electron chi connectivity index (χ3n) is 6.19. The molecule has 2 aliphatic heterocycles. The zero-order valence-corrected chi connectivity index (χ0v) is 16.7. The minimum Gasteiger partial charge on any atom is -0.360 e. The maximum absolute atomic E-state index is 5.37. The average Bonchev–Trinajstić information content (AvgIpc) is 3.09. The second-order valence-corrected chi connectivity index (χ2v) is 8.23. The summed E-state index contributed by atoms with van der Waals surface area (Å²) in [6.07, 6.45) is 2.58. The van der Waals surface area contributed by atoms with Crippen LogP contribution in [-0.4, -0.2) is 64.7 Å². The van der Waals surface area contributed by atoms with Gasteiger partial charge >= 0.3 is 0 Å². The van der Waals surface area contributed by atoms with Crippen molar-refractivity contribution in [3.8, 4) is 0 Å². The monoisotopic (exact) mass is 368 g/mol. The molecule has 2 aromatic rings. The fourth-order valence-electron chi connectivity index (χ4n) is 4.58. The molecule has 0 amide bonds. The van der Waals surface area contributed by atoms with Crippen molar-refractivity contribution in [1.82, 2.24) is 19.9 Å². The summed E-state index contributed by atoms with van der Waals surface area (Å²) in [5, 5.41) is 4.00. The second-order valence-electron chi connectivity index (χ2n) is 8.23. The maximum Gasteiger partial charge on any atom is 0.150 e. The quantitative estimate of drug-likeness (QED) is 0.810. The number of benzene rings is 1. The number of aryl methyl sites for hydroxylation is 1. The summed E-state index contributed by atoms with van der Waals surface area (Å²) in [6, 6.07) is 14.3. The number of rotatable bonds is 5. The molecule has 27 heavy (non-hydrogen) atoms. The molecule has 146 valence electrons. The van der Waals surface area contributed by atoms with Crippen LogP contribution in [0.3, 0.4) is 0 Å². The Morgan fingerprint density at radius 1 is 1.04 bits per heavy atom. The van der Waals surface area contributed by atoms with Gasteiger partial charge in [-0.25, -0.2) is 0 Å². The molecule has 0 unspecified atom stereocenters. The molecule has 4 rings (SSSR count). The summed E-state index contributed by atoms with van der Waals surface area (Å²) >= 11 is 0. The highest BCUT2D eigenvalue weighted by Crippen LogP contribution is 2.24. The SMILES string of the molecule is Cc1cc(CN2CCN([C@@H]3CCN(Cc4ccccc4)[C@@H](C)C3)CC2)on1. The minimum atomic E-state index is 0.652.